The van der Waals surface area contributed by atoms with E-state index in [4.69, 9.17) is 14.6 Å². The van der Waals surface area contributed by atoms with E-state index in [1.54, 1.807) is 0 Å². The number of carbonyl (C=O) groups excluding carboxylic acids is 2. The summed E-state index contributed by atoms with van der Waals surface area (Å²) >= 11 is 0. The van der Waals surface area contributed by atoms with Crippen molar-refractivity contribution in [1.82, 2.24) is 30.9 Å². The first-order chi connectivity index (χ1) is 24.5. The minimum Gasteiger partial charge on any atom is -0.379 e. The average molecular weight is 696 g/mol. The number of nitrogens with one attached hydrogen (secondary N) is 3. The molecule has 1 aromatic heterocycles. The summed E-state index contributed by atoms with van der Waals surface area (Å²) in [4.78, 5) is 28.5. The highest BCUT2D eigenvalue weighted by atomic mass is 16.5. The van der Waals surface area contributed by atoms with Crippen molar-refractivity contribution in [3.8, 4) is 22.5 Å². The monoisotopic (exact) mass is 695 g/mol. The molecule has 3 N–H and O–H groups in total. The Hall–Kier alpha value is -4.42. The van der Waals surface area contributed by atoms with Gasteiger partial charge < -0.3 is 30.3 Å². The standard InChI is InChI=1S/C40H53N7O4/c1-39(2,41-5)20-19-35(48)46-28-31-11-7-8-12-32(31)37-36(33-13-9-10-14-34(33)46)44-45-47(37)27-29-15-17-30(18-16-29)38(49)43-22-24-51-26-25-50-23-21-40(3,4)42-6/h7-18,41-42H,19-28H2,1-6H3,(H,43,49). The van der Waals surface area contributed by atoms with Crippen molar-refractivity contribution >= 4 is 17.5 Å². The molecule has 2 heterocycles. The number of benzene rings is 3. The molecule has 2 amide bonds. The van der Waals surface area contributed by atoms with Gasteiger partial charge in [0.05, 0.1) is 44.3 Å². The van der Waals surface area contributed by atoms with Crippen LogP contribution in [-0.4, -0.2) is 85.0 Å². The topological polar surface area (TPSA) is 123 Å². The molecule has 1 aliphatic rings. The zero-order valence-corrected chi connectivity index (χ0v) is 30.9. The molecule has 0 radical (unpaired) electrons. The largest absolute Gasteiger partial charge is 0.379 e. The van der Waals surface area contributed by atoms with Crippen LogP contribution in [0, 0.1) is 0 Å². The quantitative estimate of drug-likeness (QED) is 0.125. The second-order valence-electron chi connectivity index (χ2n) is 14.3. The lowest BCUT2D eigenvalue weighted by atomic mass is 9.94. The van der Waals surface area contributed by atoms with E-state index in [-0.39, 0.29) is 22.9 Å². The second-order valence-corrected chi connectivity index (χ2v) is 14.3. The molecular weight excluding hydrogens is 642 g/mol. The molecule has 0 bridgehead atoms. The SMILES string of the molecule is CNC(C)(C)CCOCCOCCNC(=O)c1ccc(Cn2nnc3c2-c2ccccc2CN(C(=O)CCC(C)(C)NC)c2ccccc2-3)cc1. The van der Waals surface area contributed by atoms with E-state index < -0.39 is 0 Å². The molecule has 51 heavy (non-hydrogen) atoms. The number of aromatic nitrogens is 3. The van der Waals surface area contributed by atoms with Crippen molar-refractivity contribution < 1.29 is 19.1 Å². The van der Waals surface area contributed by atoms with Crippen LogP contribution in [0.15, 0.2) is 72.8 Å². The first-order valence-corrected chi connectivity index (χ1v) is 17.8. The van der Waals surface area contributed by atoms with Crippen molar-refractivity contribution in [2.24, 2.45) is 0 Å². The van der Waals surface area contributed by atoms with E-state index in [1.165, 1.54) is 0 Å². The van der Waals surface area contributed by atoms with Crippen LogP contribution in [0.3, 0.4) is 0 Å². The van der Waals surface area contributed by atoms with Crippen molar-refractivity contribution in [2.75, 3.05) is 52.0 Å². The molecule has 1 aliphatic heterocycles. The summed E-state index contributed by atoms with van der Waals surface area (Å²) in [7, 11) is 3.87. The van der Waals surface area contributed by atoms with Crippen molar-refractivity contribution in [3.63, 3.8) is 0 Å². The Kier molecular flexibility index (Phi) is 12.8. The summed E-state index contributed by atoms with van der Waals surface area (Å²) in [6, 6.07) is 23.6. The Balaban J connectivity index is 1.24. The number of amides is 2. The van der Waals surface area contributed by atoms with Crippen LogP contribution >= 0.6 is 0 Å². The summed E-state index contributed by atoms with van der Waals surface area (Å²) in [6.07, 6.45) is 2.05. The third-order valence-electron chi connectivity index (χ3n) is 9.73. The number of nitrogens with zero attached hydrogens (tertiary/aromatic N) is 4. The highest BCUT2D eigenvalue weighted by Crippen LogP contribution is 2.41. The molecule has 0 fully saturated rings. The minimum absolute atomic E-state index is 0.0493. The number of ether oxygens (including phenoxy) is 2. The number of para-hydroxylation sites is 1. The van der Waals surface area contributed by atoms with E-state index in [0.717, 1.165) is 45.7 Å². The molecule has 0 unspecified atom stereocenters. The van der Waals surface area contributed by atoms with Gasteiger partial charge >= 0.3 is 0 Å². The number of carbonyl (C=O) groups is 2. The third kappa shape index (κ3) is 9.89. The fourth-order valence-corrected chi connectivity index (χ4v) is 5.88. The molecule has 3 aromatic carbocycles. The van der Waals surface area contributed by atoms with Crippen molar-refractivity contribution in [2.45, 2.75) is 71.1 Å². The molecular formula is C40H53N7O4. The van der Waals surface area contributed by atoms with Crippen LogP contribution in [0.5, 0.6) is 0 Å². The normalized spacial score (nSPS) is 12.8. The van der Waals surface area contributed by atoms with Crippen LogP contribution in [0.4, 0.5) is 5.69 Å². The molecule has 0 aliphatic carbocycles. The van der Waals surface area contributed by atoms with E-state index in [1.807, 2.05) is 84.3 Å². The molecule has 0 saturated heterocycles. The summed E-state index contributed by atoms with van der Waals surface area (Å²) < 4.78 is 13.2. The predicted octanol–water partition coefficient (Wildman–Crippen LogP) is 5.44. The van der Waals surface area contributed by atoms with Gasteiger partial charge in [-0.2, -0.15) is 0 Å². The van der Waals surface area contributed by atoms with Gasteiger partial charge in [-0.3, -0.25) is 9.59 Å². The number of anilines is 1. The molecule has 5 rings (SSSR count). The molecule has 0 saturated carbocycles. The Morgan fingerprint density at radius 2 is 1.43 bits per heavy atom. The van der Waals surface area contributed by atoms with Crippen LogP contribution in [0.1, 0.15) is 68.4 Å². The van der Waals surface area contributed by atoms with Gasteiger partial charge in [-0.1, -0.05) is 59.8 Å². The summed E-state index contributed by atoms with van der Waals surface area (Å²) in [5.74, 6) is -0.0843. The number of fused-ring (bicyclic) bond motifs is 5. The van der Waals surface area contributed by atoms with Crippen LogP contribution < -0.4 is 20.9 Å². The van der Waals surface area contributed by atoms with E-state index in [2.05, 4.69) is 61.0 Å². The van der Waals surface area contributed by atoms with Crippen LogP contribution in [0.25, 0.3) is 22.5 Å². The van der Waals surface area contributed by atoms with Crippen molar-refractivity contribution in [3.05, 3.63) is 89.5 Å². The fourth-order valence-electron chi connectivity index (χ4n) is 5.88. The lowest BCUT2D eigenvalue weighted by molar-refractivity contribution is -0.119. The van der Waals surface area contributed by atoms with E-state index in [9.17, 15) is 9.59 Å². The predicted molar refractivity (Wildman–Crippen MR) is 202 cm³/mol. The van der Waals surface area contributed by atoms with Gasteiger partial charge in [0.25, 0.3) is 5.91 Å². The molecule has 4 aromatic rings. The van der Waals surface area contributed by atoms with Gasteiger partial charge in [-0.05, 0) is 84.0 Å². The Morgan fingerprint density at radius 3 is 2.16 bits per heavy atom. The summed E-state index contributed by atoms with van der Waals surface area (Å²) in [5, 5.41) is 18.8. The van der Waals surface area contributed by atoms with Gasteiger partial charge in [0.1, 0.15) is 5.69 Å². The van der Waals surface area contributed by atoms with Gasteiger partial charge in [-0.15, -0.1) is 5.10 Å². The van der Waals surface area contributed by atoms with Gasteiger partial charge in [0.2, 0.25) is 5.91 Å². The molecule has 0 spiro atoms. The number of rotatable bonds is 17. The first-order valence-electron chi connectivity index (χ1n) is 17.8. The second kappa shape index (κ2) is 17.2. The fraction of sp³-hybridized carbons (Fsp3) is 0.450. The smallest absolute Gasteiger partial charge is 0.251 e. The average Bonchev–Trinajstić information content (AvgIpc) is 3.54. The Bertz CT molecular complexity index is 1770. The van der Waals surface area contributed by atoms with Crippen molar-refractivity contribution in [1.29, 1.82) is 0 Å². The van der Waals surface area contributed by atoms with E-state index >= 15 is 0 Å². The minimum atomic E-state index is -0.152. The summed E-state index contributed by atoms with van der Waals surface area (Å²) in [6.45, 7) is 11.9. The van der Waals surface area contributed by atoms with Gasteiger partial charge in [0.15, 0.2) is 0 Å². The van der Waals surface area contributed by atoms with Gasteiger partial charge in [-0.25, -0.2) is 4.68 Å². The zero-order chi connectivity index (χ0) is 36.4. The number of hydrogen-bond donors (Lipinski definition) is 3. The van der Waals surface area contributed by atoms with Crippen LogP contribution in [-0.2, 0) is 27.4 Å². The maximum Gasteiger partial charge on any atom is 0.251 e. The Morgan fingerprint density at radius 1 is 0.784 bits per heavy atom. The third-order valence-corrected chi connectivity index (χ3v) is 9.73. The lowest BCUT2D eigenvalue weighted by Gasteiger charge is -2.30. The molecule has 11 heteroatoms. The van der Waals surface area contributed by atoms with E-state index in [0.29, 0.717) is 64.5 Å². The molecule has 0 atom stereocenters. The highest BCUT2D eigenvalue weighted by molar-refractivity contribution is 6.00. The molecule has 272 valence electrons. The maximum atomic E-state index is 13.8. The maximum absolute atomic E-state index is 13.8. The number of hydrogen-bond acceptors (Lipinski definition) is 8. The highest BCUT2D eigenvalue weighted by Gasteiger charge is 2.30. The lowest BCUT2D eigenvalue weighted by Crippen LogP contribution is -2.39. The Labute approximate surface area is 302 Å². The van der Waals surface area contributed by atoms with Crippen LogP contribution in [0.2, 0.25) is 0 Å². The summed E-state index contributed by atoms with van der Waals surface area (Å²) in [5.41, 5.74) is 6.79. The van der Waals surface area contributed by atoms with Gasteiger partial charge in [0, 0.05) is 47.3 Å². The zero-order valence-electron chi connectivity index (χ0n) is 30.9. The first kappa shape index (κ1) is 37.8. The molecule has 11 nitrogen and oxygen atoms in total.